The Morgan fingerprint density at radius 3 is 2.00 bits per heavy atom. The molecular weight excluding hydrogens is 681 g/mol. The van der Waals surface area contributed by atoms with Crippen molar-refractivity contribution in [1.82, 2.24) is 9.55 Å². The minimum atomic E-state index is 0.249. The number of aromatic nitrogens is 2. The van der Waals surface area contributed by atoms with Crippen LogP contribution in [0.15, 0.2) is 142 Å². The molecule has 0 unspecified atom stereocenters. The summed E-state index contributed by atoms with van der Waals surface area (Å²) in [6.07, 6.45) is 0. The van der Waals surface area contributed by atoms with Gasteiger partial charge in [0.2, 0.25) is 0 Å². The molecule has 0 atom stereocenters. The molecule has 4 nitrogen and oxygen atoms in total. The zero-order valence-corrected chi connectivity index (χ0v) is 31.3. The predicted molar refractivity (Wildman–Crippen MR) is 228 cm³/mol. The normalized spacial score (nSPS) is 12.4. The average molecular weight is 717 g/mol. The molecule has 4 heterocycles. The summed E-state index contributed by atoms with van der Waals surface area (Å²) in [5.74, 6) is 1.37. The fourth-order valence-electron chi connectivity index (χ4n) is 8.51. The molecule has 11 aromatic rings. The summed E-state index contributed by atoms with van der Waals surface area (Å²) in [5.41, 5.74) is 11.5. The quantitative estimate of drug-likeness (QED) is 0.178. The highest BCUT2D eigenvalue weighted by molar-refractivity contribution is 7.22. The number of imidazole rings is 1. The number of thiophene rings is 1. The van der Waals surface area contributed by atoms with Gasteiger partial charge in [-0.3, -0.25) is 4.57 Å². The summed E-state index contributed by atoms with van der Waals surface area (Å²) in [4.78, 5) is 6.80. The highest BCUT2D eigenvalue weighted by atomic mass is 32.1. The van der Waals surface area contributed by atoms with Crippen LogP contribution in [0.3, 0.4) is 0 Å². The monoisotopic (exact) mass is 716 g/mol. The largest absolute Gasteiger partial charge is 0.456 e. The van der Waals surface area contributed by atoms with Gasteiger partial charge in [-0.15, -0.1) is 11.3 Å². The van der Waals surface area contributed by atoms with Gasteiger partial charge >= 0.3 is 0 Å². The topological polar surface area (TPSA) is 44.1 Å². The lowest BCUT2D eigenvalue weighted by atomic mass is 9.89. The number of furan rings is 2. The zero-order valence-electron chi connectivity index (χ0n) is 30.5. The van der Waals surface area contributed by atoms with E-state index in [1.807, 2.05) is 23.5 Å². The molecule has 4 aromatic heterocycles. The molecule has 7 aromatic carbocycles. The van der Waals surface area contributed by atoms with Crippen LogP contribution in [0.4, 0.5) is 0 Å². The van der Waals surface area contributed by atoms with E-state index in [4.69, 9.17) is 13.8 Å². The van der Waals surface area contributed by atoms with E-state index in [1.54, 1.807) is 0 Å². The molecular formula is C49H36N2O2S. The maximum atomic E-state index is 6.91. The van der Waals surface area contributed by atoms with E-state index >= 15 is 0 Å². The summed E-state index contributed by atoms with van der Waals surface area (Å²) in [6.45, 7) is 9.25. The molecule has 260 valence electrons. The number of hydrogen-bond donors (Lipinski definition) is 0. The van der Waals surface area contributed by atoms with Gasteiger partial charge in [0.25, 0.3) is 0 Å². The van der Waals surface area contributed by atoms with Crippen molar-refractivity contribution in [3.8, 4) is 27.5 Å². The highest BCUT2D eigenvalue weighted by Gasteiger charge is 2.27. The SMILES string of the molecule is CC(C)c1cc(-c2cc3ccccc3s2)cc(C(C)C)c1-n1c(-c2cccc3c2oc2cc4c(cc23)oc2ccccc24)nc2ccc3ccccc3c21. The Morgan fingerprint density at radius 2 is 1.22 bits per heavy atom. The van der Waals surface area contributed by atoms with Crippen LogP contribution in [-0.4, -0.2) is 9.55 Å². The number of rotatable bonds is 5. The predicted octanol–water partition coefficient (Wildman–Crippen LogP) is 14.8. The highest BCUT2D eigenvalue weighted by Crippen LogP contribution is 2.45. The van der Waals surface area contributed by atoms with Crippen molar-refractivity contribution in [1.29, 1.82) is 0 Å². The summed E-state index contributed by atoms with van der Waals surface area (Å²) in [6, 6.07) is 47.9. The molecule has 0 aliphatic heterocycles. The van der Waals surface area contributed by atoms with Gasteiger partial charge in [0.15, 0.2) is 0 Å². The van der Waals surface area contributed by atoms with E-state index in [1.165, 1.54) is 48.1 Å². The van der Waals surface area contributed by atoms with E-state index in [9.17, 15) is 0 Å². The summed E-state index contributed by atoms with van der Waals surface area (Å²) in [7, 11) is 0. The van der Waals surface area contributed by atoms with Gasteiger partial charge in [0.1, 0.15) is 28.2 Å². The van der Waals surface area contributed by atoms with Crippen LogP contribution in [-0.2, 0) is 0 Å². The third-order valence-electron chi connectivity index (χ3n) is 11.1. The Kier molecular flexibility index (Phi) is 6.77. The number of nitrogens with zero attached hydrogens (tertiary/aromatic N) is 2. The molecule has 5 heteroatoms. The molecule has 0 aliphatic carbocycles. The van der Waals surface area contributed by atoms with Crippen molar-refractivity contribution < 1.29 is 8.83 Å². The molecule has 0 aliphatic rings. The Bertz CT molecular complexity index is 3230. The molecule has 11 rings (SSSR count). The van der Waals surface area contributed by atoms with Gasteiger partial charge in [-0.25, -0.2) is 4.98 Å². The minimum Gasteiger partial charge on any atom is -0.456 e. The van der Waals surface area contributed by atoms with Crippen molar-refractivity contribution in [3.05, 3.63) is 145 Å². The van der Waals surface area contributed by atoms with E-state index < -0.39 is 0 Å². The Balaban J connectivity index is 1.24. The van der Waals surface area contributed by atoms with Crippen LogP contribution in [0, 0.1) is 0 Å². The first-order chi connectivity index (χ1) is 26.4. The van der Waals surface area contributed by atoms with Gasteiger partial charge in [-0.1, -0.05) is 107 Å². The van der Waals surface area contributed by atoms with Crippen LogP contribution < -0.4 is 0 Å². The van der Waals surface area contributed by atoms with Gasteiger partial charge < -0.3 is 8.83 Å². The van der Waals surface area contributed by atoms with Crippen molar-refractivity contribution >= 4 is 87.1 Å². The van der Waals surface area contributed by atoms with Crippen LogP contribution in [0.25, 0.3) is 103 Å². The third-order valence-corrected chi connectivity index (χ3v) is 12.3. The average Bonchev–Trinajstić information content (AvgIpc) is 3.97. The zero-order chi connectivity index (χ0) is 36.2. The molecule has 0 amide bonds. The van der Waals surface area contributed by atoms with Crippen molar-refractivity contribution in [2.75, 3.05) is 0 Å². The fourth-order valence-corrected chi connectivity index (χ4v) is 9.56. The van der Waals surface area contributed by atoms with Crippen LogP contribution >= 0.6 is 11.3 Å². The molecule has 54 heavy (non-hydrogen) atoms. The first kappa shape index (κ1) is 31.4. The van der Waals surface area contributed by atoms with Gasteiger partial charge in [0.05, 0.1) is 22.3 Å². The lowest BCUT2D eigenvalue weighted by Gasteiger charge is -2.24. The summed E-state index contributed by atoms with van der Waals surface area (Å²) < 4.78 is 17.0. The van der Waals surface area contributed by atoms with Crippen LogP contribution in [0.5, 0.6) is 0 Å². The second-order valence-corrected chi connectivity index (χ2v) is 16.2. The smallest absolute Gasteiger partial charge is 0.149 e. The van der Waals surface area contributed by atoms with Gasteiger partial charge in [-0.05, 0) is 93.9 Å². The second-order valence-electron chi connectivity index (χ2n) is 15.1. The first-order valence-electron chi connectivity index (χ1n) is 18.8. The minimum absolute atomic E-state index is 0.249. The van der Waals surface area contributed by atoms with Crippen LogP contribution in [0.2, 0.25) is 0 Å². The molecule has 0 N–H and O–H groups in total. The Hall–Kier alpha value is -6.17. The number of benzene rings is 7. The maximum absolute atomic E-state index is 6.91. The Labute approximate surface area is 315 Å². The molecule has 0 bridgehead atoms. The number of hydrogen-bond acceptors (Lipinski definition) is 4. The van der Waals surface area contributed by atoms with Crippen molar-refractivity contribution in [2.24, 2.45) is 0 Å². The molecule has 0 fully saturated rings. The fraction of sp³-hybridized carbons (Fsp3) is 0.122. The number of fused-ring (bicyclic) bond motifs is 10. The van der Waals surface area contributed by atoms with E-state index in [2.05, 4.69) is 154 Å². The van der Waals surface area contributed by atoms with Gasteiger partial charge in [0, 0.05) is 36.5 Å². The van der Waals surface area contributed by atoms with Gasteiger partial charge in [-0.2, -0.15) is 0 Å². The summed E-state index contributed by atoms with van der Waals surface area (Å²) >= 11 is 1.87. The lowest BCUT2D eigenvalue weighted by molar-refractivity contribution is 0.664. The Morgan fingerprint density at radius 1 is 0.556 bits per heavy atom. The molecule has 0 saturated carbocycles. The molecule has 0 radical (unpaired) electrons. The molecule has 0 saturated heterocycles. The van der Waals surface area contributed by atoms with E-state index in [-0.39, 0.29) is 11.8 Å². The van der Waals surface area contributed by atoms with E-state index in [0.717, 1.165) is 66.3 Å². The lowest BCUT2D eigenvalue weighted by Crippen LogP contribution is -2.09. The third kappa shape index (κ3) is 4.58. The molecule has 0 spiro atoms. The summed E-state index contributed by atoms with van der Waals surface area (Å²) in [5, 5.41) is 7.87. The standard InChI is InChI=1S/C49H36N2O2S/c1-27(2)36-22-31(45-24-30-13-6-10-19-44(30)54-45)23-37(28(3)4)46(36)51-47-32-14-7-5-12-29(32)20-21-40(47)50-49(51)35-17-11-16-34-39-26-42-38(25-43(39)53-48(34)35)33-15-8-9-18-41(33)52-42/h5-28H,1-4H3. The van der Waals surface area contributed by atoms with E-state index in [0.29, 0.717) is 0 Å². The first-order valence-corrected chi connectivity index (χ1v) is 19.6. The van der Waals surface area contributed by atoms with Crippen molar-refractivity contribution in [3.63, 3.8) is 0 Å². The number of para-hydroxylation sites is 2. The van der Waals surface area contributed by atoms with Crippen LogP contribution in [0.1, 0.15) is 50.7 Å². The van der Waals surface area contributed by atoms with Crippen molar-refractivity contribution in [2.45, 2.75) is 39.5 Å². The second kappa shape index (κ2) is 11.7. The maximum Gasteiger partial charge on any atom is 0.149 e.